The van der Waals surface area contributed by atoms with Gasteiger partial charge in [-0.15, -0.1) is 0 Å². The lowest BCUT2D eigenvalue weighted by Crippen LogP contribution is -2.37. The molecule has 1 aromatic heterocycles. The van der Waals surface area contributed by atoms with Crippen molar-refractivity contribution < 1.29 is 4.43 Å². The van der Waals surface area contributed by atoms with Gasteiger partial charge in [-0.1, -0.05) is 45.9 Å². The fourth-order valence-electron chi connectivity index (χ4n) is 3.23. The quantitative estimate of drug-likeness (QED) is 0.283. The van der Waals surface area contributed by atoms with E-state index in [4.69, 9.17) is 4.43 Å². The van der Waals surface area contributed by atoms with Crippen molar-refractivity contribution >= 4 is 41.8 Å². The van der Waals surface area contributed by atoms with Crippen molar-refractivity contribution in [2.24, 2.45) is 0 Å². The molecule has 2 nitrogen and oxygen atoms in total. The molecule has 0 aliphatic rings. The second kappa shape index (κ2) is 9.83. The first-order chi connectivity index (χ1) is 12.1. The molecular formula is C21H30INOSi. The van der Waals surface area contributed by atoms with Crippen LogP contribution in [-0.2, 0) is 4.43 Å². The lowest BCUT2D eigenvalue weighted by molar-refractivity contribution is 0.193. The molecule has 0 spiro atoms. The molecule has 1 atom stereocenters. The number of aromatic nitrogens is 1. The van der Waals surface area contributed by atoms with Crippen LogP contribution in [0.25, 0.3) is 10.9 Å². The molecule has 0 aliphatic heterocycles. The van der Waals surface area contributed by atoms with E-state index in [1.165, 1.54) is 32.7 Å². The predicted molar refractivity (Wildman–Crippen MR) is 120 cm³/mol. The molecule has 0 unspecified atom stereocenters. The molecule has 2 aromatic rings. The molecular weight excluding hydrogens is 437 g/mol. The van der Waals surface area contributed by atoms with E-state index in [0.717, 1.165) is 18.4 Å². The minimum absolute atomic E-state index is 0.146. The van der Waals surface area contributed by atoms with E-state index in [9.17, 15) is 0 Å². The molecule has 0 radical (unpaired) electrons. The molecule has 0 amide bonds. The zero-order valence-electron chi connectivity index (χ0n) is 15.9. The van der Waals surface area contributed by atoms with Crippen LogP contribution in [0.15, 0.2) is 46.2 Å². The molecule has 0 N–H and O–H groups in total. The second-order valence-electron chi connectivity index (χ2n) is 6.55. The van der Waals surface area contributed by atoms with E-state index >= 15 is 0 Å². The van der Waals surface area contributed by atoms with Gasteiger partial charge in [0.25, 0.3) is 0 Å². The van der Waals surface area contributed by atoms with Crippen LogP contribution in [0.4, 0.5) is 0 Å². The third-order valence-electron chi connectivity index (χ3n) is 5.22. The topological polar surface area (TPSA) is 22.1 Å². The van der Waals surface area contributed by atoms with Gasteiger partial charge in [-0.2, -0.15) is 0 Å². The highest BCUT2D eigenvalue weighted by atomic mass is 127. The van der Waals surface area contributed by atoms with Crippen LogP contribution in [0.2, 0.25) is 18.1 Å². The number of pyridine rings is 1. The van der Waals surface area contributed by atoms with Gasteiger partial charge in [-0.05, 0) is 80.9 Å². The summed E-state index contributed by atoms with van der Waals surface area (Å²) in [7, 11) is -1.66. The Morgan fingerprint density at radius 3 is 2.52 bits per heavy atom. The Morgan fingerprint density at radius 2 is 1.88 bits per heavy atom. The minimum atomic E-state index is -1.66. The maximum Gasteiger partial charge on any atom is 0.192 e. The Kier molecular flexibility index (Phi) is 8.10. The summed E-state index contributed by atoms with van der Waals surface area (Å²) in [6.07, 6.45) is 6.39. The SMILES string of the molecule is CCC(I)=CC[C@H](O[Si](CC)(CC)CC)c1ccc2ncccc2c1. The summed E-state index contributed by atoms with van der Waals surface area (Å²) in [6, 6.07) is 14.3. The maximum atomic E-state index is 6.89. The first-order valence-electron chi connectivity index (χ1n) is 9.44. The Balaban J connectivity index is 2.37. The van der Waals surface area contributed by atoms with Crippen LogP contribution in [0.3, 0.4) is 0 Å². The molecule has 1 aromatic carbocycles. The summed E-state index contributed by atoms with van der Waals surface area (Å²) < 4.78 is 8.29. The lowest BCUT2D eigenvalue weighted by atomic mass is 10.0. The normalized spacial score (nSPS) is 14.0. The van der Waals surface area contributed by atoms with Gasteiger partial charge >= 0.3 is 0 Å². The molecule has 4 heteroatoms. The lowest BCUT2D eigenvalue weighted by Gasteiger charge is -2.33. The molecule has 0 saturated heterocycles. The summed E-state index contributed by atoms with van der Waals surface area (Å²) in [5.74, 6) is 0. The van der Waals surface area contributed by atoms with Crippen molar-refractivity contribution in [3.63, 3.8) is 0 Å². The summed E-state index contributed by atoms with van der Waals surface area (Å²) in [5.41, 5.74) is 2.33. The highest BCUT2D eigenvalue weighted by molar-refractivity contribution is 14.1. The summed E-state index contributed by atoms with van der Waals surface area (Å²) in [5, 5.41) is 1.19. The van der Waals surface area contributed by atoms with Crippen molar-refractivity contribution in [3.8, 4) is 0 Å². The number of nitrogens with zero attached hydrogens (tertiary/aromatic N) is 1. The average molecular weight is 467 g/mol. The number of hydrogen-bond donors (Lipinski definition) is 0. The highest BCUT2D eigenvalue weighted by Crippen LogP contribution is 2.34. The van der Waals surface area contributed by atoms with Crippen molar-refractivity contribution in [1.82, 2.24) is 4.98 Å². The number of fused-ring (bicyclic) bond motifs is 1. The smallest absolute Gasteiger partial charge is 0.192 e. The monoisotopic (exact) mass is 467 g/mol. The van der Waals surface area contributed by atoms with E-state index in [1.807, 2.05) is 12.3 Å². The molecule has 2 rings (SSSR count). The van der Waals surface area contributed by atoms with Gasteiger partial charge in [0, 0.05) is 11.6 Å². The van der Waals surface area contributed by atoms with Gasteiger partial charge in [-0.25, -0.2) is 0 Å². The van der Waals surface area contributed by atoms with Crippen LogP contribution in [0.5, 0.6) is 0 Å². The Morgan fingerprint density at radius 1 is 1.16 bits per heavy atom. The van der Waals surface area contributed by atoms with Crippen molar-refractivity contribution in [2.45, 2.75) is 64.8 Å². The second-order valence-corrected chi connectivity index (χ2v) is 12.7. The zero-order chi connectivity index (χ0) is 18.3. The van der Waals surface area contributed by atoms with E-state index in [-0.39, 0.29) is 6.10 Å². The number of allylic oxidation sites excluding steroid dienone is 1. The first-order valence-corrected chi connectivity index (χ1v) is 13.0. The van der Waals surface area contributed by atoms with Gasteiger partial charge in [0.2, 0.25) is 0 Å². The number of hydrogen-bond acceptors (Lipinski definition) is 2. The number of rotatable bonds is 9. The molecule has 1 heterocycles. The van der Waals surface area contributed by atoms with Gasteiger partial charge in [-0.3, -0.25) is 4.98 Å². The molecule has 0 saturated carbocycles. The van der Waals surface area contributed by atoms with E-state index in [0.29, 0.717) is 0 Å². The van der Waals surface area contributed by atoms with Crippen LogP contribution in [0.1, 0.15) is 52.2 Å². The summed E-state index contributed by atoms with van der Waals surface area (Å²) in [4.78, 5) is 4.45. The van der Waals surface area contributed by atoms with E-state index in [1.54, 1.807) is 0 Å². The van der Waals surface area contributed by atoms with Gasteiger partial charge in [0.15, 0.2) is 8.32 Å². The highest BCUT2D eigenvalue weighted by Gasteiger charge is 2.32. The standard InChI is InChI=1S/C21H30INOSi/c1-5-19(22)12-14-21(24-25(6-2,7-3)8-4)18-11-13-20-17(16-18)10-9-15-23-20/h9-13,15-16,21H,5-8,14H2,1-4H3/t21-/m0/s1. The Bertz CT molecular complexity index is 704. The van der Waals surface area contributed by atoms with Crippen LogP contribution in [-0.4, -0.2) is 13.3 Å². The fraction of sp³-hybridized carbons (Fsp3) is 0.476. The fourth-order valence-corrected chi connectivity index (χ4v) is 6.32. The van der Waals surface area contributed by atoms with Gasteiger partial charge < -0.3 is 4.43 Å². The van der Waals surface area contributed by atoms with Gasteiger partial charge in [0.1, 0.15) is 0 Å². The zero-order valence-corrected chi connectivity index (χ0v) is 19.0. The predicted octanol–water partition coefficient (Wildman–Crippen LogP) is 7.42. The minimum Gasteiger partial charge on any atom is -0.410 e. The van der Waals surface area contributed by atoms with Crippen molar-refractivity contribution in [2.75, 3.05) is 0 Å². The average Bonchev–Trinajstić information content (AvgIpc) is 2.68. The van der Waals surface area contributed by atoms with Gasteiger partial charge in [0.05, 0.1) is 11.6 Å². The van der Waals surface area contributed by atoms with E-state index in [2.05, 4.69) is 85.6 Å². The maximum absolute atomic E-state index is 6.89. The molecule has 136 valence electrons. The number of halogens is 1. The molecule has 0 bridgehead atoms. The molecule has 25 heavy (non-hydrogen) atoms. The van der Waals surface area contributed by atoms with Crippen LogP contribution < -0.4 is 0 Å². The molecule has 0 aliphatic carbocycles. The van der Waals surface area contributed by atoms with Crippen molar-refractivity contribution in [3.05, 3.63) is 51.7 Å². The van der Waals surface area contributed by atoms with Crippen LogP contribution >= 0.6 is 22.6 Å². The number of benzene rings is 1. The summed E-state index contributed by atoms with van der Waals surface area (Å²) >= 11 is 2.44. The third kappa shape index (κ3) is 5.38. The first kappa shape index (κ1) is 20.6. The third-order valence-corrected chi connectivity index (χ3v) is 11.1. The van der Waals surface area contributed by atoms with Crippen LogP contribution in [0, 0.1) is 0 Å². The van der Waals surface area contributed by atoms with E-state index < -0.39 is 8.32 Å². The Labute approximate surface area is 167 Å². The largest absolute Gasteiger partial charge is 0.410 e. The Hall–Kier alpha value is -0.723. The summed E-state index contributed by atoms with van der Waals surface area (Å²) in [6.45, 7) is 9.10. The molecule has 0 fully saturated rings. The van der Waals surface area contributed by atoms with Crippen molar-refractivity contribution in [1.29, 1.82) is 0 Å².